The van der Waals surface area contributed by atoms with Crippen molar-refractivity contribution >= 4 is 23.5 Å². The number of aryl methyl sites for hydroxylation is 1. The van der Waals surface area contributed by atoms with E-state index in [1.165, 1.54) is 4.88 Å². The van der Waals surface area contributed by atoms with Crippen molar-refractivity contribution in [2.75, 3.05) is 5.43 Å². The Balaban J connectivity index is 1.73. The first kappa shape index (κ1) is 13.4. The number of rotatable bonds is 4. The fourth-order valence-corrected chi connectivity index (χ4v) is 2.52. The molecule has 3 rings (SSSR count). The average Bonchev–Trinajstić information content (AvgIpc) is 2.94. The van der Waals surface area contributed by atoms with Crippen molar-refractivity contribution in [2.45, 2.75) is 6.92 Å². The van der Waals surface area contributed by atoms with Crippen molar-refractivity contribution in [3.05, 3.63) is 58.4 Å². The predicted molar refractivity (Wildman–Crippen MR) is 85.5 cm³/mol. The summed E-state index contributed by atoms with van der Waals surface area (Å²) in [6.07, 6.45) is 3.38. The molecule has 2 heterocycles. The molecule has 0 spiro atoms. The van der Waals surface area contributed by atoms with Crippen LogP contribution in [0.4, 0.5) is 5.95 Å². The molecule has 0 unspecified atom stereocenters. The van der Waals surface area contributed by atoms with Gasteiger partial charge in [-0.2, -0.15) is 10.2 Å². The Labute approximate surface area is 126 Å². The molecule has 5 nitrogen and oxygen atoms in total. The molecule has 21 heavy (non-hydrogen) atoms. The summed E-state index contributed by atoms with van der Waals surface area (Å²) in [5.41, 5.74) is 4.56. The van der Waals surface area contributed by atoms with E-state index in [0.29, 0.717) is 5.95 Å². The van der Waals surface area contributed by atoms with E-state index in [2.05, 4.69) is 38.7 Å². The maximum absolute atomic E-state index is 4.38. The minimum absolute atomic E-state index is 0.376. The molecular weight excluding hydrogens is 282 g/mol. The number of benzene rings is 1. The lowest BCUT2D eigenvalue weighted by atomic mass is 10.2. The van der Waals surface area contributed by atoms with Crippen LogP contribution >= 0.6 is 11.3 Å². The van der Waals surface area contributed by atoms with Crippen molar-refractivity contribution in [3.63, 3.8) is 0 Å². The summed E-state index contributed by atoms with van der Waals surface area (Å²) in [5, 5.41) is 12.0. The van der Waals surface area contributed by atoms with Crippen LogP contribution in [0.5, 0.6) is 0 Å². The van der Waals surface area contributed by atoms with E-state index in [1.54, 1.807) is 23.7 Å². The lowest BCUT2D eigenvalue weighted by Gasteiger charge is -2.01. The van der Waals surface area contributed by atoms with E-state index < -0.39 is 0 Å². The van der Waals surface area contributed by atoms with E-state index in [4.69, 9.17) is 0 Å². The fraction of sp³-hybridized carbons (Fsp3) is 0.0667. The summed E-state index contributed by atoms with van der Waals surface area (Å²) >= 11 is 1.68. The molecule has 0 amide bonds. The van der Waals surface area contributed by atoms with Crippen molar-refractivity contribution in [2.24, 2.45) is 5.10 Å². The molecule has 0 fully saturated rings. The van der Waals surface area contributed by atoms with Crippen molar-refractivity contribution in [3.8, 4) is 11.3 Å². The molecule has 0 radical (unpaired) electrons. The Morgan fingerprint density at radius 3 is 2.76 bits per heavy atom. The molecule has 0 aliphatic heterocycles. The largest absolute Gasteiger partial charge is 0.263 e. The maximum atomic E-state index is 4.38. The van der Waals surface area contributed by atoms with Crippen LogP contribution in [0.3, 0.4) is 0 Å². The van der Waals surface area contributed by atoms with Crippen molar-refractivity contribution < 1.29 is 0 Å². The molecular formula is C15H13N5S. The highest BCUT2D eigenvalue weighted by Gasteiger charge is 2.01. The van der Waals surface area contributed by atoms with E-state index in [-0.39, 0.29) is 0 Å². The van der Waals surface area contributed by atoms with Gasteiger partial charge in [0.05, 0.1) is 18.1 Å². The van der Waals surface area contributed by atoms with Gasteiger partial charge in [-0.1, -0.05) is 30.3 Å². The minimum Gasteiger partial charge on any atom is -0.244 e. The molecule has 0 atom stereocenters. The van der Waals surface area contributed by atoms with Gasteiger partial charge in [-0.15, -0.1) is 16.4 Å². The molecule has 0 bridgehead atoms. The lowest BCUT2D eigenvalue weighted by molar-refractivity contribution is 0.967. The summed E-state index contributed by atoms with van der Waals surface area (Å²) in [6, 6.07) is 13.9. The first-order valence-corrected chi connectivity index (χ1v) is 7.23. The highest BCUT2D eigenvalue weighted by atomic mass is 32.1. The molecule has 104 valence electrons. The summed E-state index contributed by atoms with van der Waals surface area (Å²) in [7, 11) is 0. The standard InChI is InChI=1S/C15H13N5S/c1-11-7-8-13(21-11)9-16-19-15-18-14(10-17-20-15)12-5-3-2-4-6-12/h2-10H,1H3,(H,18,19,20)/b16-9-. The minimum atomic E-state index is 0.376. The number of thiophene rings is 1. The van der Waals surface area contributed by atoms with Crippen LogP contribution in [0.15, 0.2) is 53.8 Å². The van der Waals surface area contributed by atoms with E-state index in [1.807, 2.05) is 36.4 Å². The van der Waals surface area contributed by atoms with Gasteiger partial charge in [0.1, 0.15) is 0 Å². The van der Waals surface area contributed by atoms with E-state index in [0.717, 1.165) is 16.1 Å². The summed E-state index contributed by atoms with van der Waals surface area (Å²) in [5.74, 6) is 0.376. The molecule has 3 aromatic rings. The molecule has 1 aromatic carbocycles. The second kappa shape index (κ2) is 6.23. The molecule has 6 heteroatoms. The number of nitrogens with one attached hydrogen (secondary N) is 1. The molecule has 0 aliphatic carbocycles. The Kier molecular flexibility index (Phi) is 3.97. The van der Waals surface area contributed by atoms with Gasteiger partial charge in [-0.3, -0.25) is 0 Å². The monoisotopic (exact) mass is 295 g/mol. The molecule has 0 saturated carbocycles. The van der Waals surface area contributed by atoms with Gasteiger partial charge < -0.3 is 0 Å². The van der Waals surface area contributed by atoms with Crippen LogP contribution in [0, 0.1) is 6.92 Å². The number of hydrazone groups is 1. The first-order valence-electron chi connectivity index (χ1n) is 6.42. The number of anilines is 1. The van der Waals surface area contributed by atoms with Gasteiger partial charge in [0, 0.05) is 15.3 Å². The second-order valence-corrected chi connectivity index (χ2v) is 5.67. The highest BCUT2D eigenvalue weighted by molar-refractivity contribution is 7.13. The van der Waals surface area contributed by atoms with Gasteiger partial charge in [0.2, 0.25) is 0 Å². The smallest absolute Gasteiger partial charge is 0.244 e. The predicted octanol–water partition coefficient (Wildman–Crippen LogP) is 3.35. The van der Waals surface area contributed by atoms with Crippen LogP contribution in [-0.4, -0.2) is 21.4 Å². The quantitative estimate of drug-likeness (QED) is 0.592. The molecule has 0 aliphatic rings. The van der Waals surface area contributed by atoms with Gasteiger partial charge in [-0.05, 0) is 19.1 Å². The third kappa shape index (κ3) is 3.49. The van der Waals surface area contributed by atoms with Gasteiger partial charge in [-0.25, -0.2) is 10.4 Å². The SMILES string of the molecule is Cc1ccc(/C=N\Nc2nncc(-c3ccccc3)n2)s1. The van der Waals surface area contributed by atoms with Gasteiger partial charge in [0.15, 0.2) is 0 Å². The zero-order chi connectivity index (χ0) is 14.5. The van der Waals surface area contributed by atoms with Crippen LogP contribution in [0.1, 0.15) is 9.75 Å². The maximum Gasteiger partial charge on any atom is 0.263 e. The summed E-state index contributed by atoms with van der Waals surface area (Å²) in [6.45, 7) is 2.06. The van der Waals surface area contributed by atoms with Crippen LogP contribution in [0.25, 0.3) is 11.3 Å². The number of hydrogen-bond acceptors (Lipinski definition) is 6. The Morgan fingerprint density at radius 2 is 2.00 bits per heavy atom. The second-order valence-electron chi connectivity index (χ2n) is 4.35. The normalized spacial score (nSPS) is 10.9. The van der Waals surface area contributed by atoms with Crippen molar-refractivity contribution in [1.82, 2.24) is 15.2 Å². The van der Waals surface area contributed by atoms with E-state index in [9.17, 15) is 0 Å². The fourth-order valence-electron chi connectivity index (χ4n) is 1.78. The zero-order valence-corrected chi connectivity index (χ0v) is 12.2. The Hall–Kier alpha value is -2.60. The third-order valence-electron chi connectivity index (χ3n) is 2.75. The molecule has 0 saturated heterocycles. The third-order valence-corrected chi connectivity index (χ3v) is 3.68. The molecule has 2 aromatic heterocycles. The van der Waals surface area contributed by atoms with Gasteiger partial charge >= 0.3 is 0 Å². The average molecular weight is 295 g/mol. The topological polar surface area (TPSA) is 63.1 Å². The van der Waals surface area contributed by atoms with Gasteiger partial charge in [0.25, 0.3) is 5.95 Å². The zero-order valence-electron chi connectivity index (χ0n) is 11.4. The highest BCUT2D eigenvalue weighted by Crippen LogP contribution is 2.16. The number of nitrogens with zero attached hydrogens (tertiary/aromatic N) is 4. The Morgan fingerprint density at radius 1 is 1.14 bits per heavy atom. The molecule has 1 N–H and O–H groups in total. The summed E-state index contributed by atoms with van der Waals surface area (Å²) in [4.78, 5) is 6.71. The van der Waals surface area contributed by atoms with Crippen LogP contribution in [0.2, 0.25) is 0 Å². The lowest BCUT2D eigenvalue weighted by Crippen LogP contribution is -1.99. The van der Waals surface area contributed by atoms with Crippen molar-refractivity contribution in [1.29, 1.82) is 0 Å². The van der Waals surface area contributed by atoms with Crippen LogP contribution < -0.4 is 5.43 Å². The van der Waals surface area contributed by atoms with E-state index >= 15 is 0 Å². The van der Waals surface area contributed by atoms with Crippen LogP contribution in [-0.2, 0) is 0 Å². The summed E-state index contributed by atoms with van der Waals surface area (Å²) < 4.78 is 0. The number of aromatic nitrogens is 3. The number of hydrogen-bond donors (Lipinski definition) is 1. The first-order chi connectivity index (χ1) is 10.3. The Bertz CT molecular complexity index is 752.